The Kier molecular flexibility index (Phi) is 5.73. The van der Waals surface area contributed by atoms with Crippen LogP contribution in [0.5, 0.6) is 0 Å². The van der Waals surface area contributed by atoms with Gasteiger partial charge in [-0.05, 0) is 60.8 Å². The maximum atomic E-state index is 12.3. The largest absolute Gasteiger partial charge is 0.480 e. The predicted molar refractivity (Wildman–Crippen MR) is 107 cm³/mol. The predicted octanol–water partition coefficient (Wildman–Crippen LogP) is 3.68. The third-order valence-corrected chi connectivity index (χ3v) is 4.27. The summed E-state index contributed by atoms with van der Waals surface area (Å²) in [6.07, 6.45) is 1.56. The molecule has 1 unspecified atom stereocenters. The van der Waals surface area contributed by atoms with Crippen molar-refractivity contribution >= 4 is 52.3 Å². The summed E-state index contributed by atoms with van der Waals surface area (Å²) in [6, 6.07) is 13.2. The third-order valence-electron chi connectivity index (χ3n) is 3.81. The second-order valence-corrected chi connectivity index (χ2v) is 6.59. The molecule has 0 fully saturated rings. The number of hydrogen-bond donors (Lipinski definition) is 3. The molecule has 8 heteroatoms. The van der Waals surface area contributed by atoms with Crippen molar-refractivity contribution in [3.63, 3.8) is 0 Å². The van der Waals surface area contributed by atoms with E-state index in [-0.39, 0.29) is 16.6 Å². The fourth-order valence-electron chi connectivity index (χ4n) is 2.51. The number of carbonyl (C=O) groups excluding carboxylic acids is 1. The zero-order valence-electron chi connectivity index (χ0n) is 13.9. The van der Waals surface area contributed by atoms with Crippen molar-refractivity contribution in [1.82, 2.24) is 5.32 Å². The molecule has 138 valence electrons. The van der Waals surface area contributed by atoms with Gasteiger partial charge in [0, 0.05) is 22.7 Å². The van der Waals surface area contributed by atoms with Crippen LogP contribution in [0.4, 0.5) is 5.69 Å². The Hall–Kier alpha value is -2.90. The number of hydrogen-bond acceptors (Lipinski definition) is 4. The Morgan fingerprint density at radius 2 is 1.93 bits per heavy atom. The van der Waals surface area contributed by atoms with Crippen LogP contribution in [0.3, 0.4) is 0 Å². The number of carboxylic acids is 1. The summed E-state index contributed by atoms with van der Waals surface area (Å²) in [5.74, 6) is -0.823. The molecule has 3 rings (SSSR count). The van der Waals surface area contributed by atoms with E-state index in [1.807, 2.05) is 18.2 Å². The molecule has 1 heterocycles. The first-order valence-corrected chi connectivity index (χ1v) is 8.79. The third kappa shape index (κ3) is 4.84. The van der Waals surface area contributed by atoms with Gasteiger partial charge in [0.25, 0.3) is 5.91 Å². The molecule has 0 aromatic heterocycles. The van der Waals surface area contributed by atoms with Crippen LogP contribution in [0.25, 0.3) is 5.76 Å². The summed E-state index contributed by atoms with van der Waals surface area (Å²) in [5, 5.41) is 15.0. The fourth-order valence-corrected chi connectivity index (χ4v) is 2.85. The lowest BCUT2D eigenvalue weighted by molar-refractivity contribution is -0.126. The van der Waals surface area contributed by atoms with Gasteiger partial charge in [0.15, 0.2) is 11.2 Å². The first kappa shape index (κ1) is 18.9. The van der Waals surface area contributed by atoms with Crippen LogP contribution in [-0.4, -0.2) is 28.2 Å². The zero-order chi connectivity index (χ0) is 19.4. The normalized spacial score (nSPS) is 15.4. The van der Waals surface area contributed by atoms with Crippen LogP contribution < -0.4 is 10.6 Å². The summed E-state index contributed by atoms with van der Waals surface area (Å²) in [7, 11) is 0. The molecule has 2 aromatic rings. The second-order valence-electron chi connectivity index (χ2n) is 5.75. The van der Waals surface area contributed by atoms with E-state index in [9.17, 15) is 9.59 Å². The van der Waals surface area contributed by atoms with Gasteiger partial charge in [-0.2, -0.15) is 0 Å². The summed E-state index contributed by atoms with van der Waals surface area (Å²) >= 11 is 11.0. The van der Waals surface area contributed by atoms with Gasteiger partial charge >= 0.3 is 5.97 Å². The van der Waals surface area contributed by atoms with Gasteiger partial charge in [0.05, 0.1) is 5.56 Å². The molecule has 1 amide bonds. The smallest absolute Gasteiger partial charge is 0.335 e. The van der Waals surface area contributed by atoms with Crippen LogP contribution in [0.15, 0.2) is 54.6 Å². The summed E-state index contributed by atoms with van der Waals surface area (Å²) in [4.78, 5) is 23.3. The molecule has 1 atom stereocenters. The molecule has 0 bridgehead atoms. The fraction of sp³-hybridized carbons (Fsp3) is 0.105. The monoisotopic (exact) mass is 402 g/mol. The highest BCUT2D eigenvalue weighted by Gasteiger charge is 2.26. The molecule has 0 saturated carbocycles. The highest BCUT2D eigenvalue weighted by Crippen LogP contribution is 2.27. The van der Waals surface area contributed by atoms with Crippen molar-refractivity contribution in [3.8, 4) is 0 Å². The van der Waals surface area contributed by atoms with Crippen molar-refractivity contribution in [2.45, 2.75) is 12.5 Å². The first-order chi connectivity index (χ1) is 12.9. The highest BCUT2D eigenvalue weighted by atomic mass is 35.5. The van der Waals surface area contributed by atoms with E-state index in [1.165, 1.54) is 12.1 Å². The van der Waals surface area contributed by atoms with Crippen molar-refractivity contribution in [3.05, 3.63) is 70.8 Å². The Balaban J connectivity index is 1.55. The molecule has 2 aromatic carbocycles. The van der Waals surface area contributed by atoms with E-state index in [0.717, 1.165) is 5.56 Å². The number of aromatic carboxylic acids is 1. The van der Waals surface area contributed by atoms with Gasteiger partial charge < -0.3 is 15.2 Å². The van der Waals surface area contributed by atoms with Crippen molar-refractivity contribution < 1.29 is 19.4 Å². The van der Waals surface area contributed by atoms with E-state index in [4.69, 9.17) is 33.7 Å². The maximum Gasteiger partial charge on any atom is 0.335 e. The maximum absolute atomic E-state index is 12.3. The molecule has 0 aliphatic carbocycles. The first-order valence-electron chi connectivity index (χ1n) is 8.00. The number of amides is 1. The molecule has 1 aliphatic rings. The van der Waals surface area contributed by atoms with Crippen molar-refractivity contribution in [1.29, 1.82) is 0 Å². The molecule has 1 aliphatic heterocycles. The topological polar surface area (TPSA) is 87.7 Å². The molecule has 0 spiro atoms. The summed E-state index contributed by atoms with van der Waals surface area (Å²) in [6.45, 7) is 0. The average Bonchev–Trinajstić information content (AvgIpc) is 3.12. The van der Waals surface area contributed by atoms with Gasteiger partial charge in [-0.15, -0.1) is 0 Å². The molecular weight excluding hydrogens is 388 g/mol. The SMILES string of the molecule is O=C(O)c1cccc(NC(=S)NC(=O)C2CC=C(c3ccc(Cl)cc3)O2)c1. The quantitative estimate of drug-likeness (QED) is 0.676. The van der Waals surface area contributed by atoms with Crippen molar-refractivity contribution in [2.75, 3.05) is 5.32 Å². The number of halogens is 1. The van der Waals surface area contributed by atoms with Gasteiger partial charge in [-0.3, -0.25) is 10.1 Å². The molecule has 0 saturated heterocycles. The molecule has 6 nitrogen and oxygen atoms in total. The number of benzene rings is 2. The number of carbonyl (C=O) groups is 2. The van der Waals surface area contributed by atoms with Crippen LogP contribution in [0.2, 0.25) is 5.02 Å². The lowest BCUT2D eigenvalue weighted by Crippen LogP contribution is -2.40. The van der Waals surface area contributed by atoms with Crippen molar-refractivity contribution in [2.24, 2.45) is 0 Å². The number of rotatable bonds is 4. The number of ether oxygens (including phenoxy) is 1. The second kappa shape index (κ2) is 8.20. The summed E-state index contributed by atoms with van der Waals surface area (Å²) < 4.78 is 5.69. The van der Waals surface area contributed by atoms with E-state index in [2.05, 4.69) is 10.6 Å². The zero-order valence-corrected chi connectivity index (χ0v) is 15.5. The van der Waals surface area contributed by atoms with Crippen LogP contribution in [0, 0.1) is 0 Å². The van der Waals surface area contributed by atoms with Gasteiger partial charge in [0.1, 0.15) is 5.76 Å². The minimum Gasteiger partial charge on any atom is -0.480 e. The Morgan fingerprint density at radius 1 is 1.19 bits per heavy atom. The number of thiocarbonyl (C=S) groups is 1. The number of anilines is 1. The number of carboxylic acid groups (broad SMARTS) is 1. The average molecular weight is 403 g/mol. The molecule has 27 heavy (non-hydrogen) atoms. The Bertz CT molecular complexity index is 928. The van der Waals surface area contributed by atoms with E-state index >= 15 is 0 Å². The van der Waals surface area contributed by atoms with Crippen LogP contribution >= 0.6 is 23.8 Å². The van der Waals surface area contributed by atoms with Crippen LogP contribution in [-0.2, 0) is 9.53 Å². The van der Waals surface area contributed by atoms with Gasteiger partial charge in [-0.1, -0.05) is 17.7 Å². The van der Waals surface area contributed by atoms with Gasteiger partial charge in [0.2, 0.25) is 0 Å². The van der Waals surface area contributed by atoms with Crippen LogP contribution in [0.1, 0.15) is 22.3 Å². The number of nitrogens with one attached hydrogen (secondary N) is 2. The Labute approximate surface area is 165 Å². The minimum atomic E-state index is -1.05. The Morgan fingerprint density at radius 3 is 2.63 bits per heavy atom. The highest BCUT2D eigenvalue weighted by molar-refractivity contribution is 7.80. The lowest BCUT2D eigenvalue weighted by Gasteiger charge is -2.15. The van der Waals surface area contributed by atoms with Gasteiger partial charge in [-0.25, -0.2) is 4.79 Å². The summed E-state index contributed by atoms with van der Waals surface area (Å²) in [5.41, 5.74) is 1.42. The van der Waals surface area contributed by atoms with E-state index in [0.29, 0.717) is 22.9 Å². The minimum absolute atomic E-state index is 0.0612. The molecular formula is C19H15ClN2O4S. The molecule has 0 radical (unpaired) electrons. The van der Waals surface area contributed by atoms with E-state index in [1.54, 1.807) is 24.3 Å². The standard InChI is InChI=1S/C19H15ClN2O4S/c20-13-6-4-11(5-7-13)15-8-9-16(26-15)17(23)22-19(27)21-14-3-1-2-12(10-14)18(24)25/h1-8,10,16H,9H2,(H,24,25)(H2,21,22,23,27). The molecule has 3 N–H and O–H groups in total. The lowest BCUT2D eigenvalue weighted by atomic mass is 10.2. The van der Waals surface area contributed by atoms with E-state index < -0.39 is 12.1 Å².